The molecule has 7 heteroatoms. The molecular formula is C12H9IN6. The third kappa shape index (κ3) is 2.70. The average molecular weight is 364 g/mol. The Balaban J connectivity index is 1.78. The van der Waals surface area contributed by atoms with Crippen LogP contribution in [0.15, 0.2) is 52.9 Å². The summed E-state index contributed by atoms with van der Waals surface area (Å²) in [6.45, 7) is 0. The van der Waals surface area contributed by atoms with Gasteiger partial charge in [0.2, 0.25) is 0 Å². The van der Waals surface area contributed by atoms with E-state index in [9.17, 15) is 0 Å². The van der Waals surface area contributed by atoms with Crippen LogP contribution in [0, 0.1) is 3.57 Å². The van der Waals surface area contributed by atoms with Gasteiger partial charge in [0.1, 0.15) is 11.4 Å². The molecule has 3 heterocycles. The van der Waals surface area contributed by atoms with Crippen LogP contribution in [0.5, 0.6) is 0 Å². The van der Waals surface area contributed by atoms with Gasteiger partial charge in [-0.05, 0) is 46.9 Å². The quantitative estimate of drug-likeness (QED) is 0.788. The van der Waals surface area contributed by atoms with Crippen LogP contribution < -0.4 is 10.9 Å². The minimum atomic E-state index is 0.579. The van der Waals surface area contributed by atoms with Crippen LogP contribution in [0.4, 0.5) is 0 Å². The van der Waals surface area contributed by atoms with Crippen LogP contribution in [0.25, 0.3) is 0 Å². The van der Waals surface area contributed by atoms with Gasteiger partial charge >= 0.3 is 0 Å². The minimum absolute atomic E-state index is 0.579. The van der Waals surface area contributed by atoms with Crippen molar-refractivity contribution in [3.63, 3.8) is 0 Å². The van der Waals surface area contributed by atoms with Crippen molar-refractivity contribution in [2.24, 2.45) is 10.2 Å². The molecule has 0 fully saturated rings. The van der Waals surface area contributed by atoms with Gasteiger partial charge in [0.25, 0.3) is 0 Å². The summed E-state index contributed by atoms with van der Waals surface area (Å²) in [7, 11) is 0. The first-order chi connectivity index (χ1) is 9.33. The van der Waals surface area contributed by atoms with Gasteiger partial charge in [0.15, 0.2) is 11.7 Å². The maximum Gasteiger partial charge on any atom is 0.192 e. The number of nitrogens with one attached hydrogen (secondary N) is 2. The van der Waals surface area contributed by atoms with Crippen molar-refractivity contribution in [1.82, 2.24) is 20.8 Å². The minimum Gasteiger partial charge on any atom is -0.256 e. The number of aromatic nitrogens is 2. The van der Waals surface area contributed by atoms with E-state index in [1.807, 2.05) is 30.3 Å². The van der Waals surface area contributed by atoms with E-state index in [2.05, 4.69) is 53.6 Å². The number of rotatable bonds is 2. The Kier molecular flexibility index (Phi) is 3.36. The van der Waals surface area contributed by atoms with Gasteiger partial charge in [0, 0.05) is 16.0 Å². The molecule has 94 valence electrons. The predicted octanol–water partition coefficient (Wildman–Crippen LogP) is 1.30. The van der Waals surface area contributed by atoms with Crippen molar-refractivity contribution >= 4 is 34.3 Å². The van der Waals surface area contributed by atoms with Crippen molar-refractivity contribution < 1.29 is 0 Å². The number of amidine groups is 2. The Morgan fingerprint density at radius 1 is 0.842 bits per heavy atom. The molecule has 1 aliphatic heterocycles. The first-order valence-electron chi connectivity index (χ1n) is 5.54. The average Bonchev–Trinajstić information content (AvgIpc) is 2.49. The van der Waals surface area contributed by atoms with Gasteiger partial charge in [-0.15, -0.1) is 0 Å². The fourth-order valence-corrected chi connectivity index (χ4v) is 1.83. The number of hydrazone groups is 2. The first-order valence-corrected chi connectivity index (χ1v) is 6.61. The molecule has 1 aliphatic rings. The van der Waals surface area contributed by atoms with E-state index in [4.69, 9.17) is 0 Å². The topological polar surface area (TPSA) is 74.6 Å². The zero-order valence-electron chi connectivity index (χ0n) is 9.71. The molecule has 0 aliphatic carbocycles. The summed E-state index contributed by atoms with van der Waals surface area (Å²) in [5, 5.41) is 8.41. The molecule has 2 N–H and O–H groups in total. The number of halogens is 1. The van der Waals surface area contributed by atoms with Crippen LogP contribution >= 0.6 is 22.6 Å². The van der Waals surface area contributed by atoms with Gasteiger partial charge in [0.05, 0.1) is 0 Å². The zero-order valence-corrected chi connectivity index (χ0v) is 11.9. The summed E-state index contributed by atoms with van der Waals surface area (Å²) in [6.07, 6.45) is 3.48. The highest BCUT2D eigenvalue weighted by Gasteiger charge is 2.12. The van der Waals surface area contributed by atoms with Crippen molar-refractivity contribution in [2.45, 2.75) is 0 Å². The van der Waals surface area contributed by atoms with Crippen molar-refractivity contribution in [3.8, 4) is 0 Å². The maximum absolute atomic E-state index is 4.27. The Labute approximate surface area is 123 Å². The van der Waals surface area contributed by atoms with Crippen molar-refractivity contribution in [2.75, 3.05) is 0 Å². The van der Waals surface area contributed by atoms with Gasteiger partial charge in [-0.1, -0.05) is 6.07 Å². The Hall–Kier alpha value is -2.03. The monoisotopic (exact) mass is 364 g/mol. The van der Waals surface area contributed by atoms with Gasteiger partial charge in [-0.2, -0.15) is 10.2 Å². The van der Waals surface area contributed by atoms with E-state index < -0.39 is 0 Å². The summed E-state index contributed by atoms with van der Waals surface area (Å²) in [5.41, 5.74) is 7.21. The number of hydrogen-bond acceptors (Lipinski definition) is 6. The molecule has 0 saturated carbocycles. The van der Waals surface area contributed by atoms with Gasteiger partial charge in [-0.3, -0.25) is 20.8 Å². The molecule has 0 unspecified atom stereocenters. The van der Waals surface area contributed by atoms with Crippen LogP contribution in [0.3, 0.4) is 0 Å². The molecule has 3 rings (SSSR count). The second-order valence-electron chi connectivity index (χ2n) is 3.72. The zero-order chi connectivity index (χ0) is 13.1. The Morgan fingerprint density at radius 2 is 1.58 bits per heavy atom. The fraction of sp³-hybridized carbons (Fsp3) is 0. The smallest absolute Gasteiger partial charge is 0.192 e. The third-order valence-electron chi connectivity index (χ3n) is 2.42. The fourth-order valence-electron chi connectivity index (χ4n) is 1.52. The molecule has 0 radical (unpaired) electrons. The summed E-state index contributed by atoms with van der Waals surface area (Å²) >= 11 is 2.20. The molecule has 0 amide bonds. The lowest BCUT2D eigenvalue weighted by molar-refractivity contribution is 0.872. The lowest BCUT2D eigenvalue weighted by Crippen LogP contribution is -2.35. The second kappa shape index (κ2) is 5.31. The number of hydrogen-bond donors (Lipinski definition) is 2. The molecule has 0 saturated heterocycles. The van der Waals surface area contributed by atoms with E-state index in [0.29, 0.717) is 11.7 Å². The molecule has 6 nitrogen and oxygen atoms in total. The Morgan fingerprint density at radius 3 is 2.11 bits per heavy atom. The summed E-state index contributed by atoms with van der Waals surface area (Å²) in [5.74, 6) is 1.16. The van der Waals surface area contributed by atoms with E-state index in [-0.39, 0.29) is 0 Å². The SMILES string of the molecule is Ic1ccc(C2=NNC(c3ccccn3)=NN2)nc1. The Bertz CT molecular complexity index is 635. The van der Waals surface area contributed by atoms with Crippen molar-refractivity contribution in [1.29, 1.82) is 0 Å². The molecular weight excluding hydrogens is 355 g/mol. The molecule has 0 aromatic carbocycles. The van der Waals surface area contributed by atoms with Gasteiger partial charge in [-0.25, -0.2) is 0 Å². The molecule has 2 aromatic rings. The lowest BCUT2D eigenvalue weighted by atomic mass is 10.3. The molecule has 2 aromatic heterocycles. The predicted molar refractivity (Wildman–Crippen MR) is 80.5 cm³/mol. The summed E-state index contributed by atoms with van der Waals surface area (Å²) < 4.78 is 1.07. The standard InChI is InChI=1S/C12H9IN6/c13-8-4-5-10(15-7-8)12-18-16-11(17-19-12)9-3-1-2-6-14-9/h1-7H,(H,16,17)(H,18,19). The third-order valence-corrected chi connectivity index (χ3v) is 3.06. The lowest BCUT2D eigenvalue weighted by Gasteiger charge is -2.13. The van der Waals surface area contributed by atoms with E-state index >= 15 is 0 Å². The van der Waals surface area contributed by atoms with Crippen molar-refractivity contribution in [3.05, 3.63) is 57.7 Å². The second-order valence-corrected chi connectivity index (χ2v) is 4.97. The van der Waals surface area contributed by atoms with E-state index in [1.165, 1.54) is 0 Å². The van der Waals surface area contributed by atoms with E-state index in [1.54, 1.807) is 12.4 Å². The highest BCUT2D eigenvalue weighted by Crippen LogP contribution is 2.05. The molecule has 19 heavy (non-hydrogen) atoms. The van der Waals surface area contributed by atoms with Crippen LogP contribution in [0.1, 0.15) is 11.4 Å². The number of pyridine rings is 2. The summed E-state index contributed by atoms with van der Waals surface area (Å²) in [4.78, 5) is 8.47. The highest BCUT2D eigenvalue weighted by atomic mass is 127. The van der Waals surface area contributed by atoms with Crippen LogP contribution in [-0.2, 0) is 0 Å². The maximum atomic E-state index is 4.27. The molecule has 0 spiro atoms. The van der Waals surface area contributed by atoms with Crippen LogP contribution in [-0.4, -0.2) is 21.6 Å². The largest absolute Gasteiger partial charge is 0.256 e. The van der Waals surface area contributed by atoms with E-state index in [0.717, 1.165) is 15.0 Å². The summed E-state index contributed by atoms with van der Waals surface area (Å²) in [6, 6.07) is 9.45. The van der Waals surface area contributed by atoms with Crippen LogP contribution in [0.2, 0.25) is 0 Å². The first kappa shape index (κ1) is 12.0. The normalized spacial score (nSPS) is 13.9. The number of nitrogens with zero attached hydrogens (tertiary/aromatic N) is 4. The molecule has 0 atom stereocenters. The van der Waals surface area contributed by atoms with Gasteiger partial charge < -0.3 is 0 Å². The highest BCUT2D eigenvalue weighted by molar-refractivity contribution is 14.1. The molecule has 0 bridgehead atoms.